The zero-order valence-corrected chi connectivity index (χ0v) is 14.8. The summed E-state index contributed by atoms with van der Waals surface area (Å²) >= 11 is 6.93. The molecule has 3 rings (SSSR count). The number of alkyl halides is 1. The van der Waals surface area contributed by atoms with E-state index in [0.29, 0.717) is 22.0 Å². The summed E-state index contributed by atoms with van der Waals surface area (Å²) in [6.07, 6.45) is 0. The highest BCUT2D eigenvalue weighted by molar-refractivity contribution is 7.21. The van der Waals surface area contributed by atoms with Crippen LogP contribution in [0.4, 0.5) is 10.1 Å². The lowest BCUT2D eigenvalue weighted by molar-refractivity contribution is -0.113. The van der Waals surface area contributed by atoms with Gasteiger partial charge in [0.05, 0.1) is 15.9 Å². The first-order chi connectivity index (χ1) is 12.1. The number of aromatic nitrogens is 1. The highest BCUT2D eigenvalue weighted by Crippen LogP contribution is 2.35. The second kappa shape index (κ2) is 7.77. The lowest BCUT2D eigenvalue weighted by Gasteiger charge is -2.12. The maximum Gasteiger partial charge on any atom is 0.239 e. The van der Waals surface area contributed by atoms with Gasteiger partial charge in [-0.3, -0.25) is 4.79 Å². The Morgan fingerprint density at radius 2 is 2.16 bits per heavy atom. The summed E-state index contributed by atoms with van der Waals surface area (Å²) in [5.74, 6) is -0.376. The molecular weight excluding hydrogens is 367 g/mol. The molecule has 0 radical (unpaired) electrons. The molecule has 0 aliphatic rings. The average Bonchev–Trinajstić information content (AvgIpc) is 3.03. The lowest BCUT2D eigenvalue weighted by atomic mass is 10.2. The summed E-state index contributed by atoms with van der Waals surface area (Å²) in [4.78, 5) is 16.2. The molecule has 8 heteroatoms. The molecule has 2 aromatic carbocycles. The molecule has 0 spiro atoms. The number of methoxy groups -OCH3 is 1. The molecule has 25 heavy (non-hydrogen) atoms. The van der Waals surface area contributed by atoms with Crippen LogP contribution < -0.4 is 10.1 Å². The summed E-state index contributed by atoms with van der Waals surface area (Å²) in [5.41, 5.74) is 1.95. The third-order valence-electron chi connectivity index (χ3n) is 3.30. The molecular formula is C17H14ClFN2O3S. The first kappa shape index (κ1) is 17.6. The predicted molar refractivity (Wildman–Crippen MR) is 96.9 cm³/mol. The van der Waals surface area contributed by atoms with E-state index < -0.39 is 0 Å². The Balaban J connectivity index is 1.99. The van der Waals surface area contributed by atoms with Crippen LogP contribution in [0, 0.1) is 5.82 Å². The number of carbonyl (C=O) groups is 1. The average molecular weight is 381 g/mol. The van der Waals surface area contributed by atoms with E-state index in [1.807, 2.05) is 6.07 Å². The van der Waals surface area contributed by atoms with Crippen LogP contribution in [0.1, 0.15) is 0 Å². The van der Waals surface area contributed by atoms with Crippen molar-refractivity contribution >= 4 is 44.7 Å². The molecule has 0 unspecified atom stereocenters. The van der Waals surface area contributed by atoms with Crippen LogP contribution in [-0.2, 0) is 9.53 Å². The van der Waals surface area contributed by atoms with Gasteiger partial charge < -0.3 is 14.8 Å². The van der Waals surface area contributed by atoms with Crippen molar-refractivity contribution in [2.75, 3.05) is 25.1 Å². The van der Waals surface area contributed by atoms with Crippen LogP contribution in [0.2, 0.25) is 0 Å². The number of nitrogens with one attached hydrogen (secondary N) is 1. The zero-order chi connectivity index (χ0) is 17.8. The van der Waals surface area contributed by atoms with Crippen molar-refractivity contribution < 1.29 is 18.7 Å². The maximum atomic E-state index is 13.4. The number of anilines is 1. The maximum absolute atomic E-state index is 13.4. The third kappa shape index (κ3) is 4.07. The van der Waals surface area contributed by atoms with E-state index in [0.717, 1.165) is 10.3 Å². The molecule has 130 valence electrons. The van der Waals surface area contributed by atoms with Gasteiger partial charge in [-0.05, 0) is 36.4 Å². The van der Waals surface area contributed by atoms with Crippen molar-refractivity contribution in [3.05, 3.63) is 42.2 Å². The van der Waals surface area contributed by atoms with E-state index in [4.69, 9.17) is 21.1 Å². The summed E-state index contributed by atoms with van der Waals surface area (Å²) in [7, 11) is 1.51. The van der Waals surface area contributed by atoms with Crippen LogP contribution in [0.15, 0.2) is 36.4 Å². The number of thiazole rings is 1. The van der Waals surface area contributed by atoms with Crippen molar-refractivity contribution in [3.8, 4) is 16.3 Å². The Labute approximate surface area is 152 Å². The van der Waals surface area contributed by atoms with E-state index >= 15 is 0 Å². The molecule has 1 heterocycles. The molecule has 0 bridgehead atoms. The number of carbonyl (C=O) groups excluding carboxylic acids is 1. The van der Waals surface area contributed by atoms with E-state index in [1.54, 1.807) is 18.2 Å². The normalized spacial score (nSPS) is 10.8. The first-order valence-corrected chi connectivity index (χ1v) is 8.64. The van der Waals surface area contributed by atoms with Crippen molar-refractivity contribution in [2.24, 2.45) is 0 Å². The number of hydrogen-bond donors (Lipinski definition) is 1. The number of amides is 1. The van der Waals surface area contributed by atoms with Gasteiger partial charge in [0.1, 0.15) is 22.5 Å². The number of rotatable bonds is 6. The monoisotopic (exact) mass is 380 g/mol. The Morgan fingerprint density at radius 1 is 1.32 bits per heavy atom. The van der Waals surface area contributed by atoms with Crippen LogP contribution in [0.5, 0.6) is 5.75 Å². The summed E-state index contributed by atoms with van der Waals surface area (Å²) in [6, 6.07) is 9.73. The minimum Gasteiger partial charge on any atom is -0.465 e. The summed E-state index contributed by atoms with van der Waals surface area (Å²) in [5, 5.41) is 3.40. The number of fused-ring (bicyclic) bond motifs is 1. The van der Waals surface area contributed by atoms with E-state index in [2.05, 4.69) is 10.3 Å². The standard InChI is InChI=1S/C17H14ClFN2O3S/c1-23-9-24-14-5-2-10(6-13(14)20-16(22)8-18)17-21-12-4-3-11(19)7-15(12)25-17/h2-7H,8-9H2,1H3,(H,20,22). The topological polar surface area (TPSA) is 60.5 Å². The van der Waals surface area contributed by atoms with E-state index in [1.165, 1.54) is 30.6 Å². The Morgan fingerprint density at radius 3 is 2.92 bits per heavy atom. The summed E-state index contributed by atoms with van der Waals surface area (Å²) in [6.45, 7) is 0.0451. The fraction of sp³-hybridized carbons (Fsp3) is 0.176. The minimum atomic E-state index is -0.354. The van der Waals surface area contributed by atoms with Crippen molar-refractivity contribution in [2.45, 2.75) is 0 Å². The fourth-order valence-electron chi connectivity index (χ4n) is 2.21. The Kier molecular flexibility index (Phi) is 5.47. The van der Waals surface area contributed by atoms with Crippen molar-refractivity contribution in [1.29, 1.82) is 0 Å². The quantitative estimate of drug-likeness (QED) is 0.512. The second-order valence-electron chi connectivity index (χ2n) is 5.07. The van der Waals surface area contributed by atoms with Gasteiger partial charge in [0.25, 0.3) is 0 Å². The fourth-order valence-corrected chi connectivity index (χ4v) is 3.27. The Hall–Kier alpha value is -2.22. The van der Waals surface area contributed by atoms with Crippen molar-refractivity contribution in [1.82, 2.24) is 4.98 Å². The molecule has 0 fully saturated rings. The smallest absolute Gasteiger partial charge is 0.239 e. The zero-order valence-electron chi connectivity index (χ0n) is 13.2. The second-order valence-corrected chi connectivity index (χ2v) is 6.37. The number of nitrogens with zero attached hydrogens (tertiary/aromatic N) is 1. The van der Waals surface area contributed by atoms with Crippen LogP contribution in [0.3, 0.4) is 0 Å². The van der Waals surface area contributed by atoms with Crippen LogP contribution in [0.25, 0.3) is 20.8 Å². The van der Waals surface area contributed by atoms with Gasteiger partial charge in [0.15, 0.2) is 6.79 Å². The van der Waals surface area contributed by atoms with Gasteiger partial charge in [0, 0.05) is 12.7 Å². The molecule has 1 aromatic heterocycles. The molecule has 0 atom stereocenters. The number of hydrogen-bond acceptors (Lipinski definition) is 5. The first-order valence-electron chi connectivity index (χ1n) is 7.29. The Bertz CT molecular complexity index is 916. The molecule has 0 saturated heterocycles. The van der Waals surface area contributed by atoms with Gasteiger partial charge >= 0.3 is 0 Å². The van der Waals surface area contributed by atoms with Crippen LogP contribution in [-0.4, -0.2) is 30.7 Å². The molecule has 0 aliphatic heterocycles. The largest absolute Gasteiger partial charge is 0.465 e. The van der Waals surface area contributed by atoms with Crippen molar-refractivity contribution in [3.63, 3.8) is 0 Å². The van der Waals surface area contributed by atoms with E-state index in [9.17, 15) is 9.18 Å². The van der Waals surface area contributed by atoms with E-state index in [-0.39, 0.29) is 24.4 Å². The highest BCUT2D eigenvalue weighted by atomic mass is 35.5. The van der Waals surface area contributed by atoms with Gasteiger partial charge in [-0.15, -0.1) is 22.9 Å². The van der Waals surface area contributed by atoms with Gasteiger partial charge in [-0.25, -0.2) is 9.37 Å². The number of halogens is 2. The molecule has 1 N–H and O–H groups in total. The SMILES string of the molecule is COCOc1ccc(-c2nc3ccc(F)cc3s2)cc1NC(=O)CCl. The molecule has 0 aliphatic carbocycles. The number of benzene rings is 2. The van der Waals surface area contributed by atoms with Gasteiger partial charge in [-0.2, -0.15) is 0 Å². The molecule has 3 aromatic rings. The molecule has 5 nitrogen and oxygen atoms in total. The predicted octanol–water partition coefficient (Wildman–Crippen LogP) is 4.26. The molecule has 0 saturated carbocycles. The number of ether oxygens (including phenoxy) is 2. The minimum absolute atomic E-state index is 0.0451. The van der Waals surface area contributed by atoms with Crippen LogP contribution >= 0.6 is 22.9 Å². The van der Waals surface area contributed by atoms with Gasteiger partial charge in [0.2, 0.25) is 5.91 Å². The highest BCUT2D eigenvalue weighted by Gasteiger charge is 2.13. The van der Waals surface area contributed by atoms with Gasteiger partial charge in [-0.1, -0.05) is 0 Å². The molecule has 1 amide bonds. The lowest BCUT2D eigenvalue weighted by Crippen LogP contribution is -2.14. The third-order valence-corrected chi connectivity index (χ3v) is 4.61. The summed E-state index contributed by atoms with van der Waals surface area (Å²) < 4.78 is 24.4.